The van der Waals surface area contributed by atoms with Crippen LogP contribution in [-0.2, 0) is 16.1 Å². The molecule has 2 aromatic rings. The molecule has 3 rings (SSSR count). The van der Waals surface area contributed by atoms with E-state index in [1.54, 1.807) is 6.20 Å². The maximum atomic E-state index is 12.2. The fourth-order valence-electron chi connectivity index (χ4n) is 2.77. The Labute approximate surface area is 122 Å². The van der Waals surface area contributed by atoms with Gasteiger partial charge in [-0.2, -0.15) is 0 Å². The van der Waals surface area contributed by atoms with Crippen LogP contribution in [0.15, 0.2) is 30.5 Å². The molecule has 1 amide bonds. The highest BCUT2D eigenvalue weighted by molar-refractivity contribution is 5.98. The van der Waals surface area contributed by atoms with Crippen molar-refractivity contribution in [3.05, 3.63) is 36.0 Å². The minimum absolute atomic E-state index is 0.0277. The van der Waals surface area contributed by atoms with Gasteiger partial charge >= 0.3 is 0 Å². The maximum Gasteiger partial charge on any atom is 0.240 e. The van der Waals surface area contributed by atoms with Gasteiger partial charge < -0.3 is 14.6 Å². The summed E-state index contributed by atoms with van der Waals surface area (Å²) in [6.07, 6.45) is 4.28. The molecule has 0 radical (unpaired) electrons. The third kappa shape index (κ3) is 2.97. The Bertz CT molecular complexity index is 657. The number of aldehydes is 1. The van der Waals surface area contributed by atoms with E-state index in [0.29, 0.717) is 18.8 Å². The number of nitrogens with zero attached hydrogens (tertiary/aromatic N) is 1. The zero-order valence-corrected chi connectivity index (χ0v) is 11.7. The highest BCUT2D eigenvalue weighted by atomic mass is 16.5. The van der Waals surface area contributed by atoms with Gasteiger partial charge in [-0.05, 0) is 18.9 Å². The molecule has 21 heavy (non-hydrogen) atoms. The van der Waals surface area contributed by atoms with Crippen molar-refractivity contribution in [2.45, 2.75) is 25.4 Å². The van der Waals surface area contributed by atoms with E-state index in [9.17, 15) is 9.59 Å². The molecule has 5 heteroatoms. The van der Waals surface area contributed by atoms with Crippen molar-refractivity contribution in [1.82, 2.24) is 9.88 Å². The van der Waals surface area contributed by atoms with Crippen LogP contribution in [0.2, 0.25) is 0 Å². The average Bonchev–Trinajstić information content (AvgIpc) is 2.86. The Hall–Kier alpha value is -2.14. The maximum absolute atomic E-state index is 12.2. The SMILES string of the molecule is O=Cc1cn(CC(=O)NC2CCOCC2)c2ccccc12. The first-order chi connectivity index (χ1) is 10.3. The molecule has 1 aliphatic heterocycles. The second-order valence-corrected chi connectivity index (χ2v) is 5.30. The number of nitrogens with one attached hydrogen (secondary N) is 1. The lowest BCUT2D eigenvalue weighted by molar-refractivity contribution is -0.122. The quantitative estimate of drug-likeness (QED) is 0.871. The molecule has 1 aromatic carbocycles. The van der Waals surface area contributed by atoms with E-state index in [-0.39, 0.29) is 18.5 Å². The molecule has 2 heterocycles. The molecule has 1 aliphatic rings. The number of fused-ring (bicyclic) bond motifs is 1. The van der Waals surface area contributed by atoms with Gasteiger partial charge in [0, 0.05) is 41.9 Å². The van der Waals surface area contributed by atoms with E-state index in [1.807, 2.05) is 28.8 Å². The van der Waals surface area contributed by atoms with Crippen molar-refractivity contribution in [3.63, 3.8) is 0 Å². The molecule has 1 fully saturated rings. The van der Waals surface area contributed by atoms with Gasteiger partial charge in [-0.1, -0.05) is 18.2 Å². The molecular weight excluding hydrogens is 268 g/mol. The first-order valence-corrected chi connectivity index (χ1v) is 7.18. The summed E-state index contributed by atoms with van der Waals surface area (Å²) in [5.41, 5.74) is 1.52. The van der Waals surface area contributed by atoms with Crippen LogP contribution < -0.4 is 5.32 Å². The molecule has 0 atom stereocenters. The molecule has 1 aromatic heterocycles. The molecule has 1 N–H and O–H groups in total. The fourth-order valence-corrected chi connectivity index (χ4v) is 2.77. The minimum atomic E-state index is -0.0277. The number of hydrogen-bond donors (Lipinski definition) is 1. The standard InChI is InChI=1S/C16H18N2O3/c19-11-12-9-18(15-4-2-1-3-14(12)15)10-16(20)17-13-5-7-21-8-6-13/h1-4,9,11,13H,5-8,10H2,(H,17,20). The van der Waals surface area contributed by atoms with E-state index in [0.717, 1.165) is 30.0 Å². The second-order valence-electron chi connectivity index (χ2n) is 5.30. The molecule has 0 unspecified atom stereocenters. The lowest BCUT2D eigenvalue weighted by atomic mass is 10.1. The van der Waals surface area contributed by atoms with E-state index in [4.69, 9.17) is 4.74 Å². The smallest absolute Gasteiger partial charge is 0.240 e. The van der Waals surface area contributed by atoms with Gasteiger partial charge in [-0.25, -0.2) is 0 Å². The lowest BCUT2D eigenvalue weighted by Gasteiger charge is -2.23. The molecular formula is C16H18N2O3. The molecule has 1 saturated heterocycles. The zero-order valence-electron chi connectivity index (χ0n) is 11.7. The zero-order chi connectivity index (χ0) is 14.7. The van der Waals surface area contributed by atoms with Crippen molar-refractivity contribution in [3.8, 4) is 0 Å². The number of ether oxygens (including phenoxy) is 1. The Kier molecular flexibility index (Phi) is 4.01. The first-order valence-electron chi connectivity index (χ1n) is 7.18. The summed E-state index contributed by atoms with van der Waals surface area (Å²) in [4.78, 5) is 23.3. The van der Waals surface area contributed by atoms with Crippen LogP contribution >= 0.6 is 0 Å². The van der Waals surface area contributed by atoms with Crippen molar-refractivity contribution >= 4 is 23.1 Å². The Morgan fingerprint density at radius 2 is 2.10 bits per heavy atom. The molecule has 5 nitrogen and oxygen atoms in total. The van der Waals surface area contributed by atoms with Gasteiger partial charge in [0.2, 0.25) is 5.91 Å². The van der Waals surface area contributed by atoms with Crippen molar-refractivity contribution in [1.29, 1.82) is 0 Å². The predicted octanol–water partition coefficient (Wildman–Crippen LogP) is 1.75. The van der Waals surface area contributed by atoms with Crippen LogP contribution in [0.5, 0.6) is 0 Å². The molecule has 0 aliphatic carbocycles. The largest absolute Gasteiger partial charge is 0.381 e. The van der Waals surface area contributed by atoms with Crippen LogP contribution in [0.4, 0.5) is 0 Å². The second kappa shape index (κ2) is 6.10. The monoisotopic (exact) mass is 286 g/mol. The normalized spacial score (nSPS) is 16.0. The average molecular weight is 286 g/mol. The number of hydrogen-bond acceptors (Lipinski definition) is 3. The number of amides is 1. The number of para-hydroxylation sites is 1. The highest BCUT2D eigenvalue weighted by Gasteiger charge is 2.17. The summed E-state index contributed by atoms with van der Waals surface area (Å²) in [6, 6.07) is 7.81. The minimum Gasteiger partial charge on any atom is -0.381 e. The van der Waals surface area contributed by atoms with Crippen LogP contribution in [0.3, 0.4) is 0 Å². The number of rotatable bonds is 4. The van der Waals surface area contributed by atoms with E-state index in [2.05, 4.69) is 5.32 Å². The van der Waals surface area contributed by atoms with Crippen LogP contribution in [0.1, 0.15) is 23.2 Å². The summed E-state index contributed by atoms with van der Waals surface area (Å²) in [7, 11) is 0. The summed E-state index contributed by atoms with van der Waals surface area (Å²) in [5, 5.41) is 3.91. The Morgan fingerprint density at radius 3 is 2.86 bits per heavy atom. The van der Waals surface area contributed by atoms with Gasteiger partial charge in [0.05, 0.1) is 0 Å². The van der Waals surface area contributed by atoms with Gasteiger partial charge in [0.1, 0.15) is 6.54 Å². The summed E-state index contributed by atoms with van der Waals surface area (Å²) in [5.74, 6) is -0.0277. The molecule has 0 saturated carbocycles. The van der Waals surface area contributed by atoms with Crippen molar-refractivity contribution in [2.24, 2.45) is 0 Å². The van der Waals surface area contributed by atoms with Gasteiger partial charge in [-0.15, -0.1) is 0 Å². The van der Waals surface area contributed by atoms with Crippen LogP contribution in [-0.4, -0.2) is 36.0 Å². The fraction of sp³-hybridized carbons (Fsp3) is 0.375. The summed E-state index contributed by atoms with van der Waals surface area (Å²) >= 11 is 0. The number of benzene rings is 1. The lowest BCUT2D eigenvalue weighted by Crippen LogP contribution is -2.40. The van der Waals surface area contributed by atoms with Crippen LogP contribution in [0.25, 0.3) is 10.9 Å². The van der Waals surface area contributed by atoms with Gasteiger partial charge in [0.25, 0.3) is 0 Å². The van der Waals surface area contributed by atoms with Crippen molar-refractivity contribution < 1.29 is 14.3 Å². The summed E-state index contributed by atoms with van der Waals surface area (Å²) in [6.45, 7) is 1.63. The number of carbonyl (C=O) groups is 2. The highest BCUT2D eigenvalue weighted by Crippen LogP contribution is 2.19. The van der Waals surface area contributed by atoms with E-state index < -0.39 is 0 Å². The number of aromatic nitrogens is 1. The third-order valence-corrected chi connectivity index (χ3v) is 3.85. The van der Waals surface area contributed by atoms with E-state index >= 15 is 0 Å². The molecule has 0 spiro atoms. The Balaban J connectivity index is 1.75. The third-order valence-electron chi connectivity index (χ3n) is 3.85. The van der Waals surface area contributed by atoms with E-state index in [1.165, 1.54) is 0 Å². The number of carbonyl (C=O) groups excluding carboxylic acids is 2. The first kappa shape index (κ1) is 13.8. The molecule has 110 valence electrons. The topological polar surface area (TPSA) is 60.3 Å². The summed E-state index contributed by atoms with van der Waals surface area (Å²) < 4.78 is 7.11. The van der Waals surface area contributed by atoms with Gasteiger partial charge in [-0.3, -0.25) is 9.59 Å². The Morgan fingerprint density at radius 1 is 1.33 bits per heavy atom. The van der Waals surface area contributed by atoms with Crippen LogP contribution in [0, 0.1) is 0 Å². The van der Waals surface area contributed by atoms with Gasteiger partial charge in [0.15, 0.2) is 6.29 Å². The van der Waals surface area contributed by atoms with Crippen molar-refractivity contribution in [2.75, 3.05) is 13.2 Å². The predicted molar refractivity (Wildman–Crippen MR) is 79.3 cm³/mol. The molecule has 0 bridgehead atoms.